The molecule has 86 valence electrons. The SMILES string of the molecule is CN(O)CC(F)(F)C(F)(F)C(F)(F)F. The van der Waals surface area contributed by atoms with E-state index in [0.717, 1.165) is 0 Å². The summed E-state index contributed by atoms with van der Waals surface area (Å²) in [5.41, 5.74) is 0. The number of halogens is 7. The minimum Gasteiger partial charge on any atom is -0.314 e. The lowest BCUT2D eigenvalue weighted by Crippen LogP contribution is -2.56. The summed E-state index contributed by atoms with van der Waals surface area (Å²) >= 11 is 0. The third-order valence-corrected chi connectivity index (χ3v) is 1.24. The smallest absolute Gasteiger partial charge is 0.314 e. The van der Waals surface area contributed by atoms with Gasteiger partial charge in [-0.3, -0.25) is 0 Å². The van der Waals surface area contributed by atoms with E-state index in [1.165, 1.54) is 0 Å². The first kappa shape index (κ1) is 13.4. The van der Waals surface area contributed by atoms with E-state index in [9.17, 15) is 30.7 Å². The van der Waals surface area contributed by atoms with Crippen molar-refractivity contribution in [2.24, 2.45) is 0 Å². The topological polar surface area (TPSA) is 23.5 Å². The van der Waals surface area contributed by atoms with E-state index < -0.39 is 29.6 Å². The Morgan fingerprint density at radius 3 is 1.57 bits per heavy atom. The Labute approximate surface area is 73.9 Å². The Morgan fingerprint density at radius 1 is 1.00 bits per heavy atom. The molecular formula is C5H6F7NO. The molecule has 0 atom stereocenters. The zero-order chi connectivity index (χ0) is 11.8. The normalized spacial score (nSPS) is 15.0. The highest BCUT2D eigenvalue weighted by Gasteiger charge is 2.72. The summed E-state index contributed by atoms with van der Waals surface area (Å²) in [6.45, 7) is -2.11. The number of alkyl halides is 7. The summed E-state index contributed by atoms with van der Waals surface area (Å²) in [4.78, 5) is 0. The van der Waals surface area contributed by atoms with Gasteiger partial charge >= 0.3 is 18.0 Å². The van der Waals surface area contributed by atoms with Crippen LogP contribution in [0.5, 0.6) is 0 Å². The van der Waals surface area contributed by atoms with Gasteiger partial charge in [-0.15, -0.1) is 0 Å². The molecule has 0 amide bonds. The van der Waals surface area contributed by atoms with Crippen LogP contribution in [-0.4, -0.2) is 41.9 Å². The first-order valence-corrected chi connectivity index (χ1v) is 3.14. The van der Waals surface area contributed by atoms with Crippen molar-refractivity contribution in [1.29, 1.82) is 0 Å². The van der Waals surface area contributed by atoms with E-state index in [0.29, 0.717) is 7.05 Å². The molecule has 2 nitrogen and oxygen atoms in total. The van der Waals surface area contributed by atoms with Crippen molar-refractivity contribution < 1.29 is 35.9 Å². The highest BCUT2D eigenvalue weighted by Crippen LogP contribution is 2.46. The number of hydrogen-bond acceptors (Lipinski definition) is 2. The van der Waals surface area contributed by atoms with Crippen molar-refractivity contribution in [2.45, 2.75) is 18.0 Å². The van der Waals surface area contributed by atoms with Crippen molar-refractivity contribution in [3.8, 4) is 0 Å². The molecule has 0 radical (unpaired) electrons. The van der Waals surface area contributed by atoms with E-state index in [4.69, 9.17) is 5.21 Å². The summed E-state index contributed by atoms with van der Waals surface area (Å²) in [5.74, 6) is -11.5. The Morgan fingerprint density at radius 2 is 1.36 bits per heavy atom. The maximum Gasteiger partial charge on any atom is 0.459 e. The molecule has 0 aliphatic rings. The first-order valence-electron chi connectivity index (χ1n) is 3.14. The highest BCUT2D eigenvalue weighted by molar-refractivity contribution is 4.91. The van der Waals surface area contributed by atoms with Gasteiger partial charge in [-0.1, -0.05) is 0 Å². The monoisotopic (exact) mass is 229 g/mol. The molecular weight excluding hydrogens is 223 g/mol. The fourth-order valence-corrected chi connectivity index (χ4v) is 0.594. The molecule has 0 heterocycles. The lowest BCUT2D eigenvalue weighted by Gasteiger charge is -2.29. The molecule has 14 heavy (non-hydrogen) atoms. The Bertz CT molecular complexity index is 199. The fourth-order valence-electron chi connectivity index (χ4n) is 0.594. The maximum atomic E-state index is 12.3. The van der Waals surface area contributed by atoms with Crippen LogP contribution in [0.25, 0.3) is 0 Å². The number of rotatable bonds is 3. The van der Waals surface area contributed by atoms with Crippen molar-refractivity contribution in [1.82, 2.24) is 5.06 Å². The van der Waals surface area contributed by atoms with E-state index in [1.807, 2.05) is 0 Å². The predicted octanol–water partition coefficient (Wildman–Crippen LogP) is 2.14. The molecule has 0 spiro atoms. The molecule has 0 fully saturated rings. The Hall–Kier alpha value is -0.570. The molecule has 0 aliphatic carbocycles. The third kappa shape index (κ3) is 2.47. The quantitative estimate of drug-likeness (QED) is 0.592. The van der Waals surface area contributed by atoms with Crippen molar-refractivity contribution in [2.75, 3.05) is 13.6 Å². The molecule has 0 aromatic heterocycles. The van der Waals surface area contributed by atoms with Gasteiger partial charge in [-0.25, -0.2) is 0 Å². The molecule has 9 heteroatoms. The first-order chi connectivity index (χ1) is 5.92. The molecule has 0 aliphatic heterocycles. The van der Waals surface area contributed by atoms with Crippen LogP contribution in [0.3, 0.4) is 0 Å². The standard InChI is InChI=1S/C5H6F7NO/c1-13(14)2-3(6,7)4(8,9)5(10,11)12/h14H,2H2,1H3. The summed E-state index contributed by atoms with van der Waals surface area (Å²) in [6, 6.07) is 0. The van der Waals surface area contributed by atoms with Gasteiger partial charge in [0.1, 0.15) is 0 Å². The minimum atomic E-state index is -6.35. The summed E-state index contributed by atoms with van der Waals surface area (Å²) < 4.78 is 83.0. The lowest BCUT2D eigenvalue weighted by molar-refractivity contribution is -0.362. The summed E-state index contributed by atoms with van der Waals surface area (Å²) in [5, 5.41) is 7.72. The molecule has 0 unspecified atom stereocenters. The molecule has 0 rings (SSSR count). The van der Waals surface area contributed by atoms with Crippen LogP contribution in [0.2, 0.25) is 0 Å². The number of hydrogen-bond donors (Lipinski definition) is 1. The summed E-state index contributed by atoms with van der Waals surface area (Å²) in [6.07, 6.45) is -6.35. The van der Waals surface area contributed by atoms with Gasteiger partial charge in [0.05, 0.1) is 6.54 Å². The Balaban J connectivity index is 4.88. The largest absolute Gasteiger partial charge is 0.459 e. The summed E-state index contributed by atoms with van der Waals surface area (Å²) in [7, 11) is 0.528. The van der Waals surface area contributed by atoms with Crippen LogP contribution in [0.1, 0.15) is 0 Å². The third-order valence-electron chi connectivity index (χ3n) is 1.24. The zero-order valence-corrected chi connectivity index (χ0v) is 6.75. The fraction of sp³-hybridized carbons (Fsp3) is 1.00. The van der Waals surface area contributed by atoms with Crippen LogP contribution < -0.4 is 0 Å². The molecule has 0 saturated carbocycles. The van der Waals surface area contributed by atoms with Crippen LogP contribution in [0.15, 0.2) is 0 Å². The second-order valence-electron chi connectivity index (χ2n) is 2.59. The van der Waals surface area contributed by atoms with E-state index in [1.54, 1.807) is 0 Å². The van der Waals surface area contributed by atoms with Gasteiger partial charge < -0.3 is 5.21 Å². The number of hydroxylamine groups is 2. The van der Waals surface area contributed by atoms with E-state index in [2.05, 4.69) is 0 Å². The second kappa shape index (κ2) is 3.54. The second-order valence-corrected chi connectivity index (χ2v) is 2.59. The van der Waals surface area contributed by atoms with E-state index in [-0.39, 0.29) is 0 Å². The van der Waals surface area contributed by atoms with Gasteiger partial charge in [0.25, 0.3) is 0 Å². The van der Waals surface area contributed by atoms with Crippen molar-refractivity contribution in [3.05, 3.63) is 0 Å². The average Bonchev–Trinajstić information content (AvgIpc) is 1.80. The van der Waals surface area contributed by atoms with Crippen molar-refractivity contribution >= 4 is 0 Å². The molecule has 1 N–H and O–H groups in total. The molecule has 0 aromatic rings. The van der Waals surface area contributed by atoms with Gasteiger partial charge in [-0.05, 0) is 0 Å². The van der Waals surface area contributed by atoms with Gasteiger partial charge in [0.2, 0.25) is 0 Å². The Kier molecular flexibility index (Phi) is 3.39. The van der Waals surface area contributed by atoms with Crippen LogP contribution >= 0.6 is 0 Å². The van der Waals surface area contributed by atoms with Crippen LogP contribution in [0.4, 0.5) is 30.7 Å². The molecule has 0 saturated heterocycles. The lowest BCUT2D eigenvalue weighted by atomic mass is 10.1. The van der Waals surface area contributed by atoms with Crippen LogP contribution in [0, 0.1) is 0 Å². The van der Waals surface area contributed by atoms with E-state index >= 15 is 0 Å². The predicted molar refractivity (Wildman–Crippen MR) is 30.4 cm³/mol. The minimum absolute atomic E-state index is 0.445. The molecule has 0 bridgehead atoms. The van der Waals surface area contributed by atoms with Gasteiger partial charge in [0.15, 0.2) is 0 Å². The average molecular weight is 229 g/mol. The van der Waals surface area contributed by atoms with Gasteiger partial charge in [-0.2, -0.15) is 35.8 Å². The highest BCUT2D eigenvalue weighted by atomic mass is 19.4. The van der Waals surface area contributed by atoms with Crippen molar-refractivity contribution in [3.63, 3.8) is 0 Å². The number of nitrogens with zero attached hydrogens (tertiary/aromatic N) is 1. The molecule has 0 aromatic carbocycles. The maximum absolute atomic E-state index is 12.3. The zero-order valence-electron chi connectivity index (χ0n) is 6.75. The van der Waals surface area contributed by atoms with Crippen LogP contribution in [-0.2, 0) is 0 Å². The van der Waals surface area contributed by atoms with Gasteiger partial charge in [0, 0.05) is 7.05 Å².